The zero-order chi connectivity index (χ0) is 11.0. The molecule has 0 saturated heterocycles. The molecular weight excluding hydrogens is 196 g/mol. The first-order chi connectivity index (χ1) is 7.86. The van der Waals surface area contributed by atoms with Crippen LogP contribution in [0, 0.1) is 0 Å². The molecular formula is C15H12O. The number of rotatable bonds is 1. The summed E-state index contributed by atoms with van der Waals surface area (Å²) in [6, 6.07) is 14.5. The van der Waals surface area contributed by atoms with Crippen molar-refractivity contribution in [3.05, 3.63) is 70.3 Å². The van der Waals surface area contributed by atoms with Crippen molar-refractivity contribution in [1.29, 1.82) is 0 Å². The van der Waals surface area contributed by atoms with Gasteiger partial charge in [-0.2, -0.15) is 0 Å². The van der Waals surface area contributed by atoms with Gasteiger partial charge in [-0.25, -0.2) is 0 Å². The third kappa shape index (κ3) is 1.45. The van der Waals surface area contributed by atoms with E-state index in [0.717, 1.165) is 24.7 Å². The highest BCUT2D eigenvalue weighted by atomic mass is 16.1. The summed E-state index contributed by atoms with van der Waals surface area (Å²) in [5.74, 6) is 0. The SMILES string of the molecule is O=Cc1ccc2c(c1)Cc1ccccc1C2. The minimum Gasteiger partial charge on any atom is -0.298 e. The van der Waals surface area contributed by atoms with E-state index in [9.17, 15) is 4.79 Å². The van der Waals surface area contributed by atoms with Crippen LogP contribution in [0.2, 0.25) is 0 Å². The normalized spacial score (nSPS) is 12.8. The first-order valence-electron chi connectivity index (χ1n) is 5.50. The molecule has 0 heterocycles. The highest BCUT2D eigenvalue weighted by Crippen LogP contribution is 2.27. The summed E-state index contributed by atoms with van der Waals surface area (Å²) in [5.41, 5.74) is 6.22. The van der Waals surface area contributed by atoms with Crippen LogP contribution in [0.4, 0.5) is 0 Å². The smallest absolute Gasteiger partial charge is 0.150 e. The Morgan fingerprint density at radius 2 is 1.44 bits per heavy atom. The first kappa shape index (κ1) is 9.34. The molecule has 0 aliphatic heterocycles. The van der Waals surface area contributed by atoms with Gasteiger partial charge in [-0.05, 0) is 41.2 Å². The molecule has 1 aliphatic carbocycles. The molecule has 2 aromatic rings. The molecule has 78 valence electrons. The van der Waals surface area contributed by atoms with Crippen molar-refractivity contribution in [3.8, 4) is 0 Å². The van der Waals surface area contributed by atoms with E-state index in [0.29, 0.717) is 0 Å². The quantitative estimate of drug-likeness (QED) is 0.562. The fourth-order valence-corrected chi connectivity index (χ4v) is 2.37. The number of fused-ring (bicyclic) bond motifs is 2. The zero-order valence-electron chi connectivity index (χ0n) is 8.94. The molecule has 1 aliphatic rings. The number of benzene rings is 2. The van der Waals surface area contributed by atoms with Crippen LogP contribution in [0.25, 0.3) is 0 Å². The second kappa shape index (κ2) is 3.60. The van der Waals surface area contributed by atoms with Crippen molar-refractivity contribution in [2.24, 2.45) is 0 Å². The maximum absolute atomic E-state index is 10.7. The van der Waals surface area contributed by atoms with Gasteiger partial charge in [0, 0.05) is 5.56 Å². The summed E-state index contributed by atoms with van der Waals surface area (Å²) >= 11 is 0. The van der Waals surface area contributed by atoms with Crippen molar-refractivity contribution in [2.45, 2.75) is 12.8 Å². The van der Waals surface area contributed by atoms with E-state index in [1.54, 1.807) is 0 Å². The largest absolute Gasteiger partial charge is 0.298 e. The molecule has 0 unspecified atom stereocenters. The number of hydrogen-bond donors (Lipinski definition) is 0. The third-order valence-corrected chi connectivity index (χ3v) is 3.25. The van der Waals surface area contributed by atoms with E-state index >= 15 is 0 Å². The summed E-state index contributed by atoms with van der Waals surface area (Å²) in [5, 5.41) is 0. The Morgan fingerprint density at radius 3 is 2.12 bits per heavy atom. The standard InChI is InChI=1S/C15H12O/c16-10-11-5-6-14-8-12-3-1-2-4-13(12)9-15(14)7-11/h1-7,10H,8-9H2. The van der Waals surface area contributed by atoms with Crippen molar-refractivity contribution in [3.63, 3.8) is 0 Å². The van der Waals surface area contributed by atoms with Crippen LogP contribution in [0.15, 0.2) is 42.5 Å². The van der Waals surface area contributed by atoms with Crippen molar-refractivity contribution < 1.29 is 4.79 Å². The van der Waals surface area contributed by atoms with Crippen molar-refractivity contribution in [1.82, 2.24) is 0 Å². The van der Waals surface area contributed by atoms with Crippen LogP contribution in [0.3, 0.4) is 0 Å². The topological polar surface area (TPSA) is 17.1 Å². The third-order valence-electron chi connectivity index (χ3n) is 3.25. The van der Waals surface area contributed by atoms with Crippen molar-refractivity contribution >= 4 is 6.29 Å². The van der Waals surface area contributed by atoms with Gasteiger partial charge in [0.2, 0.25) is 0 Å². The Morgan fingerprint density at radius 1 is 0.812 bits per heavy atom. The fourth-order valence-electron chi connectivity index (χ4n) is 2.37. The van der Waals surface area contributed by atoms with E-state index in [2.05, 4.69) is 30.3 Å². The highest BCUT2D eigenvalue weighted by molar-refractivity contribution is 5.75. The molecule has 0 radical (unpaired) electrons. The lowest BCUT2D eigenvalue weighted by Gasteiger charge is -2.19. The second-order valence-corrected chi connectivity index (χ2v) is 4.27. The minimum absolute atomic E-state index is 0.776. The lowest BCUT2D eigenvalue weighted by molar-refractivity contribution is 0.112. The van der Waals surface area contributed by atoms with E-state index in [1.807, 2.05) is 12.1 Å². The summed E-state index contributed by atoms with van der Waals surface area (Å²) in [4.78, 5) is 10.7. The molecule has 0 bridgehead atoms. The molecule has 0 spiro atoms. The van der Waals surface area contributed by atoms with Gasteiger partial charge in [0.1, 0.15) is 6.29 Å². The molecule has 0 N–H and O–H groups in total. The molecule has 0 amide bonds. The molecule has 1 heteroatoms. The molecule has 0 atom stereocenters. The summed E-state index contributed by atoms with van der Waals surface area (Å²) in [6.45, 7) is 0. The predicted molar refractivity (Wildman–Crippen MR) is 63.9 cm³/mol. The fraction of sp³-hybridized carbons (Fsp3) is 0.133. The van der Waals surface area contributed by atoms with Gasteiger partial charge in [0.25, 0.3) is 0 Å². The second-order valence-electron chi connectivity index (χ2n) is 4.27. The van der Waals surface area contributed by atoms with Crippen LogP contribution in [-0.4, -0.2) is 6.29 Å². The number of carbonyl (C=O) groups is 1. The average molecular weight is 208 g/mol. The lowest BCUT2D eigenvalue weighted by atomic mass is 9.85. The van der Waals surface area contributed by atoms with Gasteiger partial charge in [-0.1, -0.05) is 36.4 Å². The van der Waals surface area contributed by atoms with E-state index in [4.69, 9.17) is 0 Å². The minimum atomic E-state index is 0.776. The maximum Gasteiger partial charge on any atom is 0.150 e. The van der Waals surface area contributed by atoms with Gasteiger partial charge in [0.05, 0.1) is 0 Å². The van der Waals surface area contributed by atoms with Gasteiger partial charge in [-0.3, -0.25) is 4.79 Å². The number of carbonyl (C=O) groups excluding carboxylic acids is 1. The summed E-state index contributed by atoms with van der Waals surface area (Å²) < 4.78 is 0. The van der Waals surface area contributed by atoms with Crippen LogP contribution < -0.4 is 0 Å². The molecule has 1 nitrogen and oxygen atoms in total. The Kier molecular flexibility index (Phi) is 2.10. The maximum atomic E-state index is 10.7. The molecule has 0 saturated carbocycles. The van der Waals surface area contributed by atoms with Crippen LogP contribution >= 0.6 is 0 Å². The lowest BCUT2D eigenvalue weighted by Crippen LogP contribution is -2.07. The Labute approximate surface area is 94.7 Å². The van der Waals surface area contributed by atoms with Gasteiger partial charge in [-0.15, -0.1) is 0 Å². The molecule has 0 aromatic heterocycles. The monoisotopic (exact) mass is 208 g/mol. The Hall–Kier alpha value is -1.89. The van der Waals surface area contributed by atoms with Crippen LogP contribution in [0.1, 0.15) is 32.6 Å². The van der Waals surface area contributed by atoms with Gasteiger partial charge >= 0.3 is 0 Å². The Bertz CT molecular complexity index is 555. The van der Waals surface area contributed by atoms with E-state index in [1.165, 1.54) is 22.3 Å². The first-order valence-corrected chi connectivity index (χ1v) is 5.50. The van der Waals surface area contributed by atoms with Crippen LogP contribution in [0.5, 0.6) is 0 Å². The average Bonchev–Trinajstić information content (AvgIpc) is 2.35. The zero-order valence-corrected chi connectivity index (χ0v) is 8.94. The van der Waals surface area contributed by atoms with Crippen molar-refractivity contribution in [2.75, 3.05) is 0 Å². The molecule has 0 fully saturated rings. The van der Waals surface area contributed by atoms with Crippen LogP contribution in [-0.2, 0) is 12.8 Å². The highest BCUT2D eigenvalue weighted by Gasteiger charge is 2.14. The number of hydrogen-bond acceptors (Lipinski definition) is 1. The van der Waals surface area contributed by atoms with Gasteiger partial charge < -0.3 is 0 Å². The molecule has 16 heavy (non-hydrogen) atoms. The summed E-state index contributed by atoms with van der Waals surface area (Å²) in [6.07, 6.45) is 2.86. The molecule has 2 aromatic carbocycles. The van der Waals surface area contributed by atoms with Gasteiger partial charge in [0.15, 0.2) is 0 Å². The predicted octanol–water partition coefficient (Wildman–Crippen LogP) is 2.99. The number of aldehydes is 1. The Balaban J connectivity index is 2.08. The molecule has 3 rings (SSSR count). The van der Waals surface area contributed by atoms with E-state index < -0.39 is 0 Å². The summed E-state index contributed by atoms with van der Waals surface area (Å²) in [7, 11) is 0. The van der Waals surface area contributed by atoms with E-state index in [-0.39, 0.29) is 0 Å².